The molecule has 1 heterocycles. The number of nitrogens with two attached hydrogens (primary N) is 1. The van der Waals surface area contributed by atoms with Gasteiger partial charge in [-0.2, -0.15) is 0 Å². The van der Waals surface area contributed by atoms with E-state index in [0.29, 0.717) is 17.2 Å². The molecule has 0 radical (unpaired) electrons. The minimum Gasteiger partial charge on any atom is -0.397 e. The molecule has 1 amide bonds. The van der Waals surface area contributed by atoms with E-state index in [-0.39, 0.29) is 5.91 Å². The molecular weight excluding hydrogens is 264 g/mol. The predicted octanol–water partition coefficient (Wildman–Crippen LogP) is 1.41. The van der Waals surface area contributed by atoms with Crippen LogP contribution in [-0.2, 0) is 0 Å². The Balaban J connectivity index is 2.02. The lowest BCUT2D eigenvalue weighted by atomic mass is 9.96. The number of rotatable bonds is 4. The lowest BCUT2D eigenvalue weighted by molar-refractivity contribution is 0.0963. The molecule has 21 heavy (non-hydrogen) atoms. The summed E-state index contributed by atoms with van der Waals surface area (Å²) in [6.07, 6.45) is 2.47. The Morgan fingerprint density at radius 3 is 2.67 bits per heavy atom. The third-order valence-corrected chi connectivity index (χ3v) is 4.30. The largest absolute Gasteiger partial charge is 0.397 e. The van der Waals surface area contributed by atoms with Gasteiger partial charge in [0.1, 0.15) is 0 Å². The Kier molecular flexibility index (Phi) is 5.07. The molecule has 2 rings (SSSR count). The highest BCUT2D eigenvalue weighted by Gasteiger charge is 2.19. The average molecular weight is 290 g/mol. The number of nitrogens with zero attached hydrogens (tertiary/aromatic N) is 2. The highest BCUT2D eigenvalue weighted by molar-refractivity contribution is 5.96. The number of nitrogen functional groups attached to an aromatic ring is 1. The molecule has 0 atom stereocenters. The second-order valence-electron chi connectivity index (χ2n) is 5.98. The fraction of sp³-hybridized carbons (Fsp3) is 0.562. The number of amides is 1. The van der Waals surface area contributed by atoms with Gasteiger partial charge < -0.3 is 20.9 Å². The maximum Gasteiger partial charge on any atom is 0.251 e. The Hall–Kier alpha value is -1.75. The maximum atomic E-state index is 11.6. The van der Waals surface area contributed by atoms with E-state index in [1.807, 2.05) is 12.1 Å². The number of anilines is 2. The van der Waals surface area contributed by atoms with Crippen molar-refractivity contribution in [1.29, 1.82) is 0 Å². The third-order valence-electron chi connectivity index (χ3n) is 4.30. The van der Waals surface area contributed by atoms with E-state index in [4.69, 9.17) is 5.73 Å². The Bertz CT molecular complexity index is 495. The summed E-state index contributed by atoms with van der Waals surface area (Å²) in [4.78, 5) is 16.2. The highest BCUT2D eigenvalue weighted by atomic mass is 16.1. The van der Waals surface area contributed by atoms with Gasteiger partial charge >= 0.3 is 0 Å². The van der Waals surface area contributed by atoms with E-state index in [1.165, 1.54) is 25.9 Å². The number of nitrogens with one attached hydrogen (secondary N) is 1. The Morgan fingerprint density at radius 2 is 2.10 bits per heavy atom. The fourth-order valence-electron chi connectivity index (χ4n) is 2.92. The van der Waals surface area contributed by atoms with Crippen molar-refractivity contribution in [2.75, 3.05) is 51.4 Å². The van der Waals surface area contributed by atoms with Crippen LogP contribution in [0.4, 0.5) is 11.4 Å². The summed E-state index contributed by atoms with van der Waals surface area (Å²) in [6.45, 7) is 3.35. The summed E-state index contributed by atoms with van der Waals surface area (Å²) in [7, 11) is 5.87. The van der Waals surface area contributed by atoms with Crippen LogP contribution in [0.15, 0.2) is 18.2 Å². The van der Waals surface area contributed by atoms with Gasteiger partial charge in [-0.05, 0) is 57.1 Å². The number of hydrogen-bond acceptors (Lipinski definition) is 4. The van der Waals surface area contributed by atoms with E-state index in [0.717, 1.165) is 12.2 Å². The SMILES string of the molecule is CNC(=O)c1ccc(N(C)CC2CCN(C)CC2)c(N)c1. The van der Waals surface area contributed by atoms with E-state index >= 15 is 0 Å². The Labute approximate surface area is 127 Å². The van der Waals surface area contributed by atoms with Crippen LogP contribution in [-0.4, -0.2) is 51.6 Å². The minimum absolute atomic E-state index is 0.105. The van der Waals surface area contributed by atoms with E-state index < -0.39 is 0 Å². The van der Waals surface area contributed by atoms with Crippen molar-refractivity contribution in [3.8, 4) is 0 Å². The zero-order chi connectivity index (χ0) is 15.4. The number of hydrogen-bond donors (Lipinski definition) is 2. The first-order valence-electron chi connectivity index (χ1n) is 7.52. The summed E-state index contributed by atoms with van der Waals surface area (Å²) in [6, 6.07) is 5.52. The molecule has 116 valence electrons. The molecule has 5 heteroatoms. The van der Waals surface area contributed by atoms with Gasteiger partial charge in [-0.3, -0.25) is 4.79 Å². The first kappa shape index (κ1) is 15.6. The van der Waals surface area contributed by atoms with Crippen molar-refractivity contribution in [2.45, 2.75) is 12.8 Å². The van der Waals surface area contributed by atoms with E-state index in [9.17, 15) is 4.79 Å². The summed E-state index contributed by atoms with van der Waals surface area (Å²) in [5, 5.41) is 2.61. The van der Waals surface area contributed by atoms with Crippen molar-refractivity contribution in [3.63, 3.8) is 0 Å². The van der Waals surface area contributed by atoms with Crippen molar-refractivity contribution >= 4 is 17.3 Å². The van der Waals surface area contributed by atoms with Crippen LogP contribution >= 0.6 is 0 Å². The lowest BCUT2D eigenvalue weighted by Gasteiger charge is -2.32. The van der Waals surface area contributed by atoms with Crippen molar-refractivity contribution < 1.29 is 4.79 Å². The monoisotopic (exact) mass is 290 g/mol. The summed E-state index contributed by atoms with van der Waals surface area (Å²) in [5.74, 6) is 0.607. The molecule has 0 spiro atoms. The van der Waals surface area contributed by atoms with Gasteiger partial charge in [0.15, 0.2) is 0 Å². The smallest absolute Gasteiger partial charge is 0.251 e. The molecule has 1 fully saturated rings. The molecule has 1 aliphatic heterocycles. The molecule has 0 bridgehead atoms. The normalized spacial score (nSPS) is 16.7. The topological polar surface area (TPSA) is 61.6 Å². The maximum absolute atomic E-state index is 11.6. The summed E-state index contributed by atoms with van der Waals surface area (Å²) in [5.41, 5.74) is 8.38. The Morgan fingerprint density at radius 1 is 1.43 bits per heavy atom. The zero-order valence-corrected chi connectivity index (χ0v) is 13.2. The van der Waals surface area contributed by atoms with E-state index in [2.05, 4.69) is 29.2 Å². The second kappa shape index (κ2) is 6.80. The number of carbonyl (C=O) groups is 1. The van der Waals surface area contributed by atoms with Crippen molar-refractivity contribution in [1.82, 2.24) is 10.2 Å². The van der Waals surface area contributed by atoms with Gasteiger partial charge in [0.2, 0.25) is 0 Å². The van der Waals surface area contributed by atoms with Crippen LogP contribution in [0, 0.1) is 5.92 Å². The first-order valence-corrected chi connectivity index (χ1v) is 7.52. The average Bonchev–Trinajstić information content (AvgIpc) is 2.48. The summed E-state index contributed by atoms with van der Waals surface area (Å²) >= 11 is 0. The van der Waals surface area contributed by atoms with Crippen LogP contribution in [0.2, 0.25) is 0 Å². The third kappa shape index (κ3) is 3.88. The zero-order valence-electron chi connectivity index (χ0n) is 13.2. The van der Waals surface area contributed by atoms with Gasteiger partial charge in [-0.15, -0.1) is 0 Å². The molecule has 1 aliphatic rings. The summed E-state index contributed by atoms with van der Waals surface area (Å²) < 4.78 is 0. The van der Waals surface area contributed by atoms with Gasteiger partial charge in [0.25, 0.3) is 5.91 Å². The molecule has 0 saturated carbocycles. The molecule has 3 N–H and O–H groups in total. The van der Waals surface area contributed by atoms with Crippen LogP contribution in [0.5, 0.6) is 0 Å². The molecule has 1 aromatic rings. The molecule has 0 aliphatic carbocycles. The number of piperidine rings is 1. The molecule has 1 saturated heterocycles. The standard InChI is InChI=1S/C16H26N4O/c1-18-16(21)13-4-5-15(14(17)10-13)20(3)11-12-6-8-19(2)9-7-12/h4-5,10,12H,6-9,11,17H2,1-3H3,(H,18,21). The van der Waals surface area contributed by atoms with Crippen LogP contribution in [0.25, 0.3) is 0 Å². The van der Waals surface area contributed by atoms with E-state index in [1.54, 1.807) is 13.1 Å². The lowest BCUT2D eigenvalue weighted by Crippen LogP contribution is -2.35. The highest BCUT2D eigenvalue weighted by Crippen LogP contribution is 2.26. The first-order chi connectivity index (χ1) is 10.0. The molecular formula is C16H26N4O. The quantitative estimate of drug-likeness (QED) is 0.823. The van der Waals surface area contributed by atoms with Crippen LogP contribution < -0.4 is 16.0 Å². The molecule has 0 unspecified atom stereocenters. The minimum atomic E-state index is -0.105. The van der Waals surface area contributed by atoms with Gasteiger partial charge in [0, 0.05) is 26.2 Å². The number of likely N-dealkylation sites (tertiary alicyclic amines) is 1. The van der Waals surface area contributed by atoms with Gasteiger partial charge in [-0.1, -0.05) is 0 Å². The van der Waals surface area contributed by atoms with Gasteiger partial charge in [-0.25, -0.2) is 0 Å². The number of benzene rings is 1. The molecule has 5 nitrogen and oxygen atoms in total. The van der Waals surface area contributed by atoms with Crippen LogP contribution in [0.3, 0.4) is 0 Å². The molecule has 0 aromatic heterocycles. The predicted molar refractivity (Wildman–Crippen MR) is 87.7 cm³/mol. The fourth-order valence-corrected chi connectivity index (χ4v) is 2.92. The molecule has 1 aromatic carbocycles. The van der Waals surface area contributed by atoms with Crippen molar-refractivity contribution in [2.24, 2.45) is 5.92 Å². The van der Waals surface area contributed by atoms with Crippen molar-refractivity contribution in [3.05, 3.63) is 23.8 Å². The van der Waals surface area contributed by atoms with Gasteiger partial charge in [0.05, 0.1) is 11.4 Å². The second-order valence-corrected chi connectivity index (χ2v) is 5.98. The number of carbonyl (C=O) groups excluding carboxylic acids is 1. The van der Waals surface area contributed by atoms with Crippen LogP contribution in [0.1, 0.15) is 23.2 Å².